The fourth-order valence-corrected chi connectivity index (χ4v) is 2.41. The maximum absolute atomic E-state index is 11.1. The zero-order valence-electron chi connectivity index (χ0n) is 12.8. The van der Waals surface area contributed by atoms with E-state index in [0.717, 1.165) is 17.7 Å². The van der Waals surface area contributed by atoms with Crippen LogP contribution in [0.1, 0.15) is 42.4 Å². The monoisotopic (exact) mass is 283 g/mol. The Bertz CT molecular complexity index is 630. The summed E-state index contributed by atoms with van der Waals surface area (Å²) in [6.45, 7) is 6.32. The third-order valence-corrected chi connectivity index (χ3v) is 3.43. The van der Waals surface area contributed by atoms with Gasteiger partial charge in [-0.15, -0.1) is 0 Å². The molecular formula is C18H21NO2. The van der Waals surface area contributed by atoms with Gasteiger partial charge >= 0.3 is 5.97 Å². The summed E-state index contributed by atoms with van der Waals surface area (Å²) in [6, 6.07) is 11.8. The van der Waals surface area contributed by atoms with Crippen LogP contribution in [0, 0.1) is 5.92 Å². The highest BCUT2D eigenvalue weighted by molar-refractivity contribution is 5.89. The molecule has 110 valence electrons. The molecule has 0 saturated heterocycles. The number of benzene rings is 1. The third-order valence-electron chi connectivity index (χ3n) is 3.43. The van der Waals surface area contributed by atoms with Crippen molar-refractivity contribution in [2.24, 2.45) is 5.92 Å². The molecule has 0 fully saturated rings. The van der Waals surface area contributed by atoms with Crippen molar-refractivity contribution in [3.05, 3.63) is 53.2 Å². The average molecular weight is 283 g/mol. The summed E-state index contributed by atoms with van der Waals surface area (Å²) >= 11 is 0. The Kier molecular flexibility index (Phi) is 4.73. The summed E-state index contributed by atoms with van der Waals surface area (Å²) in [4.78, 5) is 15.6. The molecule has 0 saturated carbocycles. The number of carboxylic acid groups (broad SMARTS) is 1. The molecule has 1 N–H and O–H groups in total. The van der Waals surface area contributed by atoms with E-state index in [9.17, 15) is 4.79 Å². The van der Waals surface area contributed by atoms with Crippen LogP contribution >= 0.6 is 0 Å². The lowest BCUT2D eigenvalue weighted by molar-refractivity contribution is 0.0695. The molecule has 0 amide bonds. The second-order valence-corrected chi connectivity index (χ2v) is 5.64. The van der Waals surface area contributed by atoms with Crippen molar-refractivity contribution in [1.29, 1.82) is 0 Å². The Balaban J connectivity index is 2.31. The number of rotatable bonds is 5. The van der Waals surface area contributed by atoms with Crippen LogP contribution in [-0.4, -0.2) is 16.1 Å². The number of carboxylic acids is 1. The number of aromatic carboxylic acids is 1. The molecule has 0 radical (unpaired) electrons. The molecule has 0 atom stereocenters. The van der Waals surface area contributed by atoms with Crippen molar-refractivity contribution >= 4 is 5.97 Å². The van der Waals surface area contributed by atoms with E-state index in [1.807, 2.05) is 6.92 Å². The van der Waals surface area contributed by atoms with Crippen LogP contribution < -0.4 is 0 Å². The highest BCUT2D eigenvalue weighted by Crippen LogP contribution is 2.21. The number of nitrogens with zero attached hydrogens (tertiary/aromatic N) is 1. The van der Waals surface area contributed by atoms with Gasteiger partial charge in [-0.05, 0) is 36.5 Å². The zero-order chi connectivity index (χ0) is 15.4. The summed E-state index contributed by atoms with van der Waals surface area (Å²) in [5.74, 6) is -0.284. The normalized spacial score (nSPS) is 10.9. The summed E-state index contributed by atoms with van der Waals surface area (Å²) in [6.07, 6.45) is 1.67. The van der Waals surface area contributed by atoms with Gasteiger partial charge < -0.3 is 5.11 Å². The van der Waals surface area contributed by atoms with E-state index in [0.29, 0.717) is 18.0 Å². The lowest BCUT2D eigenvalue weighted by Gasteiger charge is -2.08. The maximum Gasteiger partial charge on any atom is 0.337 e. The minimum Gasteiger partial charge on any atom is -0.478 e. The molecule has 3 heteroatoms. The number of hydrogen-bond donors (Lipinski definition) is 1. The van der Waals surface area contributed by atoms with Crippen LogP contribution in [-0.2, 0) is 12.8 Å². The van der Waals surface area contributed by atoms with Crippen molar-refractivity contribution in [2.45, 2.75) is 33.6 Å². The van der Waals surface area contributed by atoms with Gasteiger partial charge in [-0.1, -0.05) is 45.0 Å². The number of pyridine rings is 1. The Morgan fingerprint density at radius 3 is 2.33 bits per heavy atom. The molecule has 0 aliphatic rings. The molecular weight excluding hydrogens is 262 g/mol. The molecule has 21 heavy (non-hydrogen) atoms. The SMILES string of the molecule is CCc1nc(-c2ccc(CC(C)C)cc2)ccc1C(=O)O. The summed E-state index contributed by atoms with van der Waals surface area (Å²) in [5, 5.41) is 9.14. The van der Waals surface area contributed by atoms with Gasteiger partial charge in [0.05, 0.1) is 17.0 Å². The summed E-state index contributed by atoms with van der Waals surface area (Å²) in [5.41, 5.74) is 4.08. The lowest BCUT2D eigenvalue weighted by Crippen LogP contribution is -2.04. The van der Waals surface area contributed by atoms with Crippen molar-refractivity contribution in [2.75, 3.05) is 0 Å². The summed E-state index contributed by atoms with van der Waals surface area (Å²) < 4.78 is 0. The first-order valence-electron chi connectivity index (χ1n) is 7.33. The summed E-state index contributed by atoms with van der Waals surface area (Å²) in [7, 11) is 0. The molecule has 0 spiro atoms. The molecule has 3 nitrogen and oxygen atoms in total. The molecule has 1 heterocycles. The first-order chi connectivity index (χ1) is 10.0. The lowest BCUT2D eigenvalue weighted by atomic mass is 10.0. The Morgan fingerprint density at radius 2 is 1.81 bits per heavy atom. The van der Waals surface area contributed by atoms with Gasteiger partial charge in [-0.3, -0.25) is 4.98 Å². The van der Waals surface area contributed by atoms with Gasteiger partial charge in [-0.2, -0.15) is 0 Å². The predicted octanol–water partition coefficient (Wildman–Crippen LogP) is 4.21. The molecule has 2 aromatic rings. The van der Waals surface area contributed by atoms with Crippen LogP contribution in [0.5, 0.6) is 0 Å². The Morgan fingerprint density at radius 1 is 1.14 bits per heavy atom. The van der Waals surface area contributed by atoms with Crippen molar-refractivity contribution in [3.8, 4) is 11.3 Å². The van der Waals surface area contributed by atoms with E-state index >= 15 is 0 Å². The van der Waals surface area contributed by atoms with E-state index in [1.54, 1.807) is 12.1 Å². The van der Waals surface area contributed by atoms with Crippen LogP contribution in [0.2, 0.25) is 0 Å². The highest BCUT2D eigenvalue weighted by Gasteiger charge is 2.11. The number of hydrogen-bond acceptors (Lipinski definition) is 2. The van der Waals surface area contributed by atoms with E-state index in [1.165, 1.54) is 5.56 Å². The largest absolute Gasteiger partial charge is 0.478 e. The van der Waals surface area contributed by atoms with E-state index in [-0.39, 0.29) is 5.56 Å². The minimum absolute atomic E-state index is 0.290. The smallest absolute Gasteiger partial charge is 0.337 e. The van der Waals surface area contributed by atoms with Gasteiger partial charge in [0.2, 0.25) is 0 Å². The van der Waals surface area contributed by atoms with Gasteiger partial charge in [-0.25, -0.2) is 4.79 Å². The molecule has 0 unspecified atom stereocenters. The first kappa shape index (κ1) is 15.2. The molecule has 0 aliphatic carbocycles. The van der Waals surface area contributed by atoms with E-state index < -0.39 is 5.97 Å². The zero-order valence-corrected chi connectivity index (χ0v) is 12.8. The fourth-order valence-electron chi connectivity index (χ4n) is 2.41. The number of carbonyl (C=O) groups is 1. The first-order valence-corrected chi connectivity index (χ1v) is 7.33. The van der Waals surface area contributed by atoms with Crippen molar-refractivity contribution in [1.82, 2.24) is 4.98 Å². The van der Waals surface area contributed by atoms with Crippen LogP contribution in [0.4, 0.5) is 0 Å². The van der Waals surface area contributed by atoms with Gasteiger partial charge in [0.1, 0.15) is 0 Å². The average Bonchev–Trinajstić information content (AvgIpc) is 2.46. The maximum atomic E-state index is 11.1. The molecule has 1 aromatic carbocycles. The number of aromatic nitrogens is 1. The quantitative estimate of drug-likeness (QED) is 0.894. The van der Waals surface area contributed by atoms with Crippen LogP contribution in [0.25, 0.3) is 11.3 Å². The minimum atomic E-state index is -0.918. The fraction of sp³-hybridized carbons (Fsp3) is 0.333. The van der Waals surface area contributed by atoms with E-state index in [4.69, 9.17) is 5.11 Å². The Labute approximate surface area is 125 Å². The van der Waals surface area contributed by atoms with Gasteiger partial charge in [0, 0.05) is 5.56 Å². The van der Waals surface area contributed by atoms with E-state index in [2.05, 4.69) is 43.1 Å². The van der Waals surface area contributed by atoms with Crippen molar-refractivity contribution in [3.63, 3.8) is 0 Å². The molecule has 0 aliphatic heterocycles. The van der Waals surface area contributed by atoms with Crippen molar-refractivity contribution < 1.29 is 9.90 Å². The van der Waals surface area contributed by atoms with Gasteiger partial charge in [0.25, 0.3) is 0 Å². The topological polar surface area (TPSA) is 50.2 Å². The highest BCUT2D eigenvalue weighted by atomic mass is 16.4. The van der Waals surface area contributed by atoms with Crippen LogP contribution in [0.15, 0.2) is 36.4 Å². The predicted molar refractivity (Wildman–Crippen MR) is 84.6 cm³/mol. The molecule has 0 bridgehead atoms. The van der Waals surface area contributed by atoms with Crippen LogP contribution in [0.3, 0.4) is 0 Å². The second-order valence-electron chi connectivity index (χ2n) is 5.64. The standard InChI is InChI=1S/C18H21NO2/c1-4-16-15(18(20)21)9-10-17(19-16)14-7-5-13(6-8-14)11-12(2)3/h5-10,12H,4,11H2,1-3H3,(H,20,21). The Hall–Kier alpha value is -2.16. The molecule has 1 aromatic heterocycles. The molecule has 2 rings (SSSR count). The third kappa shape index (κ3) is 3.69. The number of aryl methyl sites for hydroxylation is 1. The second kappa shape index (κ2) is 6.53. The van der Waals surface area contributed by atoms with Gasteiger partial charge in [0.15, 0.2) is 0 Å².